The smallest absolute Gasteiger partial charge is 0.182 e. The van der Waals surface area contributed by atoms with E-state index in [4.69, 9.17) is 15.2 Å². The number of ether oxygens (including phenoxy) is 2. The number of aliphatic hydroxyl groups excluding tert-OH is 2. The predicted octanol–water partition coefficient (Wildman–Crippen LogP) is -1.57. The molecule has 4 atom stereocenters. The molecule has 9 heteroatoms. The second-order valence-corrected chi connectivity index (χ2v) is 5.04. The molecule has 2 aliphatic heterocycles. The number of rotatable bonds is 2. The Balaban J connectivity index is 1.80. The molecular weight excluding hydrogens is 266 g/mol. The average molecular weight is 279 g/mol. The average Bonchev–Trinajstić information content (AvgIpc) is 3.10. The summed E-state index contributed by atoms with van der Waals surface area (Å²) in [6.45, 7) is -0.167. The fraction of sp³-hybridized carbons (Fsp3) is 0.545. The van der Waals surface area contributed by atoms with Crippen LogP contribution in [0.4, 0.5) is 5.82 Å². The Bertz CT molecular complexity index is 676. The topological polar surface area (TPSA) is 129 Å². The zero-order valence-electron chi connectivity index (χ0n) is 10.4. The molecule has 0 unspecified atom stereocenters. The molecule has 2 aliphatic rings. The monoisotopic (exact) mass is 279 g/mol. The Morgan fingerprint density at radius 2 is 2.35 bits per heavy atom. The predicted molar refractivity (Wildman–Crippen MR) is 65.4 cm³/mol. The largest absolute Gasteiger partial charge is 0.393 e. The van der Waals surface area contributed by atoms with Gasteiger partial charge in [-0.15, -0.1) is 0 Å². The first-order valence-electron chi connectivity index (χ1n) is 6.18. The highest BCUT2D eigenvalue weighted by Crippen LogP contribution is 2.45. The number of hydrogen-bond acceptors (Lipinski definition) is 8. The van der Waals surface area contributed by atoms with Crippen LogP contribution < -0.4 is 5.73 Å². The van der Waals surface area contributed by atoms with Gasteiger partial charge in [0.2, 0.25) is 0 Å². The van der Waals surface area contributed by atoms with E-state index in [-0.39, 0.29) is 13.2 Å². The van der Waals surface area contributed by atoms with Crippen LogP contribution in [0, 0.1) is 0 Å². The molecule has 2 bridgehead atoms. The molecular formula is C11H13N5O4. The lowest BCUT2D eigenvalue weighted by Crippen LogP contribution is -2.44. The summed E-state index contributed by atoms with van der Waals surface area (Å²) in [6, 6.07) is 0. The van der Waals surface area contributed by atoms with Crippen molar-refractivity contribution in [2.75, 3.05) is 18.9 Å². The van der Waals surface area contributed by atoms with Gasteiger partial charge in [-0.1, -0.05) is 0 Å². The molecule has 0 saturated carbocycles. The minimum atomic E-state index is -1.09. The van der Waals surface area contributed by atoms with E-state index in [1.165, 1.54) is 17.2 Å². The highest BCUT2D eigenvalue weighted by Gasteiger charge is 2.62. The summed E-state index contributed by atoms with van der Waals surface area (Å²) in [7, 11) is 0. The molecule has 0 aliphatic carbocycles. The highest BCUT2D eigenvalue weighted by molar-refractivity contribution is 5.84. The first-order valence-corrected chi connectivity index (χ1v) is 6.18. The molecule has 2 aromatic rings. The normalized spacial score (nSPS) is 36.0. The second-order valence-electron chi connectivity index (χ2n) is 5.04. The first-order chi connectivity index (χ1) is 9.66. The number of nitrogens with zero attached hydrogens (tertiary/aromatic N) is 4. The molecule has 0 aromatic carbocycles. The van der Waals surface area contributed by atoms with Crippen molar-refractivity contribution in [1.29, 1.82) is 0 Å². The van der Waals surface area contributed by atoms with Gasteiger partial charge in [0.15, 0.2) is 11.9 Å². The zero-order valence-corrected chi connectivity index (χ0v) is 10.4. The van der Waals surface area contributed by atoms with Gasteiger partial charge >= 0.3 is 0 Å². The lowest BCUT2D eigenvalue weighted by Gasteiger charge is -2.28. The van der Waals surface area contributed by atoms with E-state index in [1.807, 2.05) is 0 Å². The van der Waals surface area contributed by atoms with Gasteiger partial charge in [0, 0.05) is 0 Å². The second kappa shape index (κ2) is 3.85. The van der Waals surface area contributed by atoms with Crippen LogP contribution >= 0.6 is 0 Å². The van der Waals surface area contributed by atoms with Crippen LogP contribution in [0.15, 0.2) is 12.5 Å². The van der Waals surface area contributed by atoms with Crippen LogP contribution in [0.1, 0.15) is 6.23 Å². The molecule has 4 heterocycles. The van der Waals surface area contributed by atoms with Crippen molar-refractivity contribution >= 4 is 16.9 Å². The molecule has 20 heavy (non-hydrogen) atoms. The van der Waals surface area contributed by atoms with Crippen molar-refractivity contribution in [3.8, 4) is 0 Å². The summed E-state index contributed by atoms with van der Waals surface area (Å²) in [5.41, 5.74) is 5.17. The Kier molecular flexibility index (Phi) is 2.31. The molecule has 0 spiro atoms. The Morgan fingerprint density at radius 3 is 3.10 bits per heavy atom. The highest BCUT2D eigenvalue weighted by atomic mass is 16.7. The number of anilines is 1. The Hall–Kier alpha value is -1.81. The molecule has 2 saturated heterocycles. The summed E-state index contributed by atoms with van der Waals surface area (Å²) in [5, 5.41) is 24.4. The number of fused-ring (bicyclic) bond motifs is 3. The van der Waals surface area contributed by atoms with Gasteiger partial charge < -0.3 is 25.4 Å². The third kappa shape index (κ3) is 1.32. The molecule has 0 amide bonds. The van der Waals surface area contributed by atoms with Crippen LogP contribution in [-0.4, -0.2) is 61.0 Å². The van der Waals surface area contributed by atoms with Gasteiger partial charge in [-0.25, -0.2) is 14.6 Å². The standard InChI is InChI=1S/C11H13N5O4/c12-8-5-1-15-16(9(5)14-4-13-8)10-6-7(18)11(2-17,20-10)3-19-6/h1,4,6-7,10,17-18H,2-3H2,(H2,12,13,14)/t6-,7+,10-,11+/m1/s1. The van der Waals surface area contributed by atoms with E-state index >= 15 is 0 Å². The quantitative estimate of drug-likeness (QED) is 0.601. The van der Waals surface area contributed by atoms with Gasteiger partial charge in [0.1, 0.15) is 30.0 Å². The lowest BCUT2D eigenvalue weighted by atomic mass is 10.0. The van der Waals surface area contributed by atoms with Crippen LogP contribution in [0.5, 0.6) is 0 Å². The third-order valence-electron chi connectivity index (χ3n) is 3.94. The molecule has 9 nitrogen and oxygen atoms in total. The van der Waals surface area contributed by atoms with Crippen molar-refractivity contribution in [3.63, 3.8) is 0 Å². The van der Waals surface area contributed by atoms with Gasteiger partial charge in [-0.05, 0) is 0 Å². The van der Waals surface area contributed by atoms with E-state index in [2.05, 4.69) is 15.1 Å². The van der Waals surface area contributed by atoms with Gasteiger partial charge in [-0.2, -0.15) is 5.10 Å². The Labute approximate surface area is 112 Å². The van der Waals surface area contributed by atoms with E-state index in [0.717, 1.165) is 0 Å². The third-order valence-corrected chi connectivity index (χ3v) is 3.94. The molecule has 2 fully saturated rings. The van der Waals surface area contributed by atoms with Crippen LogP contribution in [-0.2, 0) is 9.47 Å². The SMILES string of the molecule is Nc1ncnc2c1cnn2[C@@H]1O[C@@]2(CO)CO[C@@H]1[C@@H]2O. The van der Waals surface area contributed by atoms with E-state index < -0.39 is 24.0 Å². The van der Waals surface area contributed by atoms with E-state index in [1.54, 1.807) is 0 Å². The number of hydrogen-bond donors (Lipinski definition) is 3. The number of nitrogens with two attached hydrogens (primary N) is 1. The van der Waals surface area contributed by atoms with Crippen LogP contribution in [0.2, 0.25) is 0 Å². The fourth-order valence-electron chi connectivity index (χ4n) is 2.79. The molecule has 0 radical (unpaired) electrons. The van der Waals surface area contributed by atoms with Crippen molar-refractivity contribution in [3.05, 3.63) is 12.5 Å². The summed E-state index contributed by atoms with van der Waals surface area (Å²) >= 11 is 0. The molecule has 106 valence electrons. The first kappa shape index (κ1) is 12.0. The van der Waals surface area contributed by atoms with Crippen molar-refractivity contribution < 1.29 is 19.7 Å². The van der Waals surface area contributed by atoms with Gasteiger partial charge in [0.25, 0.3) is 0 Å². The molecule has 2 aromatic heterocycles. The van der Waals surface area contributed by atoms with Crippen molar-refractivity contribution in [2.45, 2.75) is 24.0 Å². The van der Waals surface area contributed by atoms with E-state index in [9.17, 15) is 10.2 Å². The maximum atomic E-state index is 10.2. The molecule has 4 N–H and O–H groups in total. The molecule has 4 rings (SSSR count). The van der Waals surface area contributed by atoms with Crippen LogP contribution in [0.3, 0.4) is 0 Å². The zero-order chi connectivity index (χ0) is 13.9. The van der Waals surface area contributed by atoms with E-state index in [0.29, 0.717) is 16.9 Å². The maximum absolute atomic E-state index is 10.2. The van der Waals surface area contributed by atoms with Gasteiger partial charge in [-0.3, -0.25) is 0 Å². The number of nitrogen functional groups attached to an aromatic ring is 1. The van der Waals surface area contributed by atoms with Crippen molar-refractivity contribution in [2.24, 2.45) is 0 Å². The summed E-state index contributed by atoms with van der Waals surface area (Å²) in [4.78, 5) is 8.03. The summed E-state index contributed by atoms with van der Waals surface area (Å²) in [6.07, 6.45) is 0.718. The van der Waals surface area contributed by atoms with Crippen LogP contribution in [0.25, 0.3) is 11.0 Å². The number of aromatic nitrogens is 4. The Morgan fingerprint density at radius 1 is 1.50 bits per heavy atom. The lowest BCUT2D eigenvalue weighted by molar-refractivity contribution is -0.188. The summed E-state index contributed by atoms with van der Waals surface area (Å²) < 4.78 is 12.8. The fourth-order valence-corrected chi connectivity index (χ4v) is 2.79. The minimum Gasteiger partial charge on any atom is -0.393 e. The number of aliphatic hydroxyl groups is 2. The summed E-state index contributed by atoms with van der Waals surface area (Å²) in [5.74, 6) is 0.322. The maximum Gasteiger partial charge on any atom is 0.182 e. The van der Waals surface area contributed by atoms with Gasteiger partial charge in [0.05, 0.1) is 24.8 Å². The van der Waals surface area contributed by atoms with Crippen molar-refractivity contribution in [1.82, 2.24) is 19.7 Å². The minimum absolute atomic E-state index is 0.155.